The molecule has 0 bridgehead atoms. The summed E-state index contributed by atoms with van der Waals surface area (Å²) < 4.78 is 17.2. The van der Waals surface area contributed by atoms with Gasteiger partial charge in [0.15, 0.2) is 12.3 Å². The number of ether oxygens (including phenoxy) is 3. The molecule has 0 unspecified atom stereocenters. The minimum Gasteiger partial charge on any atom is -0.466 e. The molecule has 0 fully saturated rings. The van der Waals surface area contributed by atoms with Gasteiger partial charge in [0.25, 0.3) is 11.8 Å². The van der Waals surface area contributed by atoms with Gasteiger partial charge in [-0.3, -0.25) is 10.2 Å². The van der Waals surface area contributed by atoms with Crippen molar-refractivity contribution in [3.63, 3.8) is 0 Å². The highest BCUT2D eigenvalue weighted by Crippen LogP contribution is 2.40. The highest BCUT2D eigenvalue weighted by atomic mass is 35.5. The normalized spacial score (nSPS) is 12.4. The second-order valence-corrected chi connectivity index (χ2v) is 7.97. The number of carbonyl (C=O) groups excluding carboxylic acids is 1. The molecule has 0 saturated carbocycles. The second-order valence-electron chi connectivity index (χ2n) is 7.18. The number of nitrogens with two attached hydrogens (primary N) is 1. The maximum absolute atomic E-state index is 11.9. The number of alkyl halides is 1. The number of nitrogens with one attached hydrogen (secondary N) is 2. The summed E-state index contributed by atoms with van der Waals surface area (Å²) in [4.78, 5) is 20.5. The lowest BCUT2D eigenvalue weighted by atomic mass is 10.1. The van der Waals surface area contributed by atoms with Crippen LogP contribution in [0.5, 0.6) is 29.3 Å². The number of amides is 1. The van der Waals surface area contributed by atoms with E-state index in [1.165, 1.54) is 6.07 Å². The lowest BCUT2D eigenvalue weighted by Crippen LogP contribution is -2.26. The van der Waals surface area contributed by atoms with Gasteiger partial charge in [-0.05, 0) is 54.8 Å². The van der Waals surface area contributed by atoms with E-state index in [9.17, 15) is 4.79 Å². The molecule has 0 radical (unpaired) electrons. The summed E-state index contributed by atoms with van der Waals surface area (Å²) in [5.74, 6) is 0.658. The lowest BCUT2D eigenvalue weighted by Gasteiger charge is -2.20. The van der Waals surface area contributed by atoms with Crippen LogP contribution < -0.4 is 25.3 Å². The summed E-state index contributed by atoms with van der Waals surface area (Å²) in [7, 11) is 0. The average molecular weight is 488 g/mol. The minimum absolute atomic E-state index is 0.0423. The monoisotopic (exact) mass is 487 g/mol. The molecule has 3 aromatic rings. The van der Waals surface area contributed by atoms with E-state index in [1.807, 2.05) is 25.1 Å². The first kappa shape index (κ1) is 22.6. The van der Waals surface area contributed by atoms with Gasteiger partial charge in [-0.2, -0.15) is 9.97 Å². The average Bonchev–Trinajstić information content (AvgIpc) is 2.75. The third-order valence-corrected chi connectivity index (χ3v) is 5.08. The van der Waals surface area contributed by atoms with E-state index >= 15 is 0 Å². The van der Waals surface area contributed by atoms with Gasteiger partial charge in [0, 0.05) is 11.4 Å². The van der Waals surface area contributed by atoms with Crippen LogP contribution in [0.25, 0.3) is 0 Å². The van der Waals surface area contributed by atoms with Crippen LogP contribution >= 0.6 is 23.2 Å². The molecule has 0 atom stereocenters. The SMILES string of the molecule is Cc1cc(CCCl)cc(Oc2nc3c(c(Oc4cc(C(=N)N)ccc4Cl)n2)NC(=O)CO3)c1. The van der Waals surface area contributed by atoms with Crippen molar-refractivity contribution in [3.05, 3.63) is 58.1 Å². The fraction of sp³-hybridized carbons (Fsp3) is 0.182. The lowest BCUT2D eigenvalue weighted by molar-refractivity contribution is -0.118. The van der Waals surface area contributed by atoms with Crippen LogP contribution in [0.15, 0.2) is 36.4 Å². The van der Waals surface area contributed by atoms with Crippen molar-refractivity contribution in [2.75, 3.05) is 17.8 Å². The molecule has 1 aromatic heterocycles. The second kappa shape index (κ2) is 9.51. The van der Waals surface area contributed by atoms with E-state index in [2.05, 4.69) is 15.3 Å². The molecule has 9 nitrogen and oxygen atoms in total. The smallest absolute Gasteiger partial charge is 0.328 e. The van der Waals surface area contributed by atoms with Crippen molar-refractivity contribution in [1.82, 2.24) is 9.97 Å². The number of aromatic nitrogens is 2. The number of nitrogens with zero attached hydrogens (tertiary/aromatic N) is 2. The topological polar surface area (TPSA) is 132 Å². The van der Waals surface area contributed by atoms with Crippen LogP contribution in [0.3, 0.4) is 0 Å². The van der Waals surface area contributed by atoms with Crippen LogP contribution in [0.4, 0.5) is 5.69 Å². The van der Waals surface area contributed by atoms with Gasteiger partial charge < -0.3 is 25.3 Å². The number of amidine groups is 1. The summed E-state index contributed by atoms with van der Waals surface area (Å²) in [6.07, 6.45) is 0.680. The predicted octanol–water partition coefficient (Wildman–Crippen LogP) is 4.42. The third kappa shape index (κ3) is 5.27. The molecule has 11 heteroatoms. The maximum atomic E-state index is 11.9. The van der Waals surface area contributed by atoms with Crippen LogP contribution in [0.2, 0.25) is 5.02 Å². The van der Waals surface area contributed by atoms with Crippen LogP contribution in [0.1, 0.15) is 16.7 Å². The Morgan fingerprint density at radius 3 is 2.82 bits per heavy atom. The number of nitrogen functional groups attached to an aromatic ring is 1. The number of rotatable bonds is 7. The molecule has 170 valence electrons. The molecule has 33 heavy (non-hydrogen) atoms. The summed E-state index contributed by atoms with van der Waals surface area (Å²) in [6.45, 7) is 1.73. The Balaban J connectivity index is 1.73. The quantitative estimate of drug-likeness (QED) is 0.255. The molecule has 2 heterocycles. The Bertz CT molecular complexity index is 1250. The molecular formula is C22H19Cl2N5O4. The summed E-state index contributed by atoms with van der Waals surface area (Å²) in [5, 5.41) is 10.5. The molecular weight excluding hydrogens is 469 g/mol. The number of hydrogen-bond donors (Lipinski definition) is 3. The largest absolute Gasteiger partial charge is 0.466 e. The standard InChI is InChI=1S/C22H19Cl2N5O4/c1-11-6-12(4-5-23)8-14(7-11)32-22-28-20-18(27-17(30)10-31-20)21(29-22)33-16-9-13(19(25)26)2-3-15(16)24/h2-3,6-9H,4-5,10H2,1H3,(H3,25,26)(H,27,30). The van der Waals surface area contributed by atoms with Gasteiger partial charge in [-0.1, -0.05) is 17.7 Å². The molecule has 2 aromatic carbocycles. The van der Waals surface area contributed by atoms with E-state index in [-0.39, 0.29) is 46.7 Å². The number of halogens is 2. The van der Waals surface area contributed by atoms with E-state index in [4.69, 9.17) is 48.6 Å². The molecule has 1 aliphatic heterocycles. The van der Waals surface area contributed by atoms with Crippen LogP contribution in [-0.4, -0.2) is 34.2 Å². The van der Waals surface area contributed by atoms with Gasteiger partial charge in [-0.25, -0.2) is 0 Å². The Morgan fingerprint density at radius 1 is 1.24 bits per heavy atom. The summed E-state index contributed by atoms with van der Waals surface area (Å²) in [6, 6.07) is 10.2. The zero-order chi connectivity index (χ0) is 23.5. The molecule has 1 aliphatic rings. The van der Waals surface area contributed by atoms with Crippen molar-refractivity contribution < 1.29 is 19.0 Å². The fourth-order valence-corrected chi connectivity index (χ4v) is 3.51. The Kier molecular flexibility index (Phi) is 6.52. The van der Waals surface area contributed by atoms with Crippen molar-refractivity contribution in [3.8, 4) is 29.3 Å². The zero-order valence-electron chi connectivity index (χ0n) is 17.4. The van der Waals surface area contributed by atoms with Crippen molar-refractivity contribution >= 4 is 40.6 Å². The highest BCUT2D eigenvalue weighted by molar-refractivity contribution is 6.32. The van der Waals surface area contributed by atoms with E-state index in [0.717, 1.165) is 11.1 Å². The molecule has 4 N–H and O–H groups in total. The van der Waals surface area contributed by atoms with Gasteiger partial charge in [-0.15, -0.1) is 11.6 Å². The van der Waals surface area contributed by atoms with E-state index in [1.54, 1.807) is 12.1 Å². The van der Waals surface area contributed by atoms with E-state index in [0.29, 0.717) is 23.6 Å². The first-order valence-electron chi connectivity index (χ1n) is 9.83. The Morgan fingerprint density at radius 2 is 2.06 bits per heavy atom. The Labute approximate surface area is 199 Å². The highest BCUT2D eigenvalue weighted by Gasteiger charge is 2.26. The van der Waals surface area contributed by atoms with Crippen LogP contribution in [0, 0.1) is 12.3 Å². The number of fused-ring (bicyclic) bond motifs is 1. The van der Waals surface area contributed by atoms with Crippen molar-refractivity contribution in [2.24, 2.45) is 5.73 Å². The number of anilines is 1. The molecule has 0 aliphatic carbocycles. The minimum atomic E-state index is -0.391. The maximum Gasteiger partial charge on any atom is 0.328 e. The first-order chi connectivity index (χ1) is 15.8. The number of aryl methyl sites for hydroxylation is 2. The predicted molar refractivity (Wildman–Crippen MR) is 124 cm³/mol. The van der Waals surface area contributed by atoms with Gasteiger partial charge in [0.2, 0.25) is 5.88 Å². The van der Waals surface area contributed by atoms with Crippen LogP contribution in [-0.2, 0) is 11.2 Å². The third-order valence-electron chi connectivity index (χ3n) is 4.58. The summed E-state index contributed by atoms with van der Waals surface area (Å²) >= 11 is 12.1. The number of carbonyl (C=O) groups is 1. The number of hydrogen-bond acceptors (Lipinski definition) is 7. The van der Waals surface area contributed by atoms with Crippen molar-refractivity contribution in [1.29, 1.82) is 5.41 Å². The molecule has 0 saturated heterocycles. The molecule has 1 amide bonds. The van der Waals surface area contributed by atoms with E-state index < -0.39 is 5.91 Å². The first-order valence-corrected chi connectivity index (χ1v) is 10.7. The number of benzene rings is 2. The fourth-order valence-electron chi connectivity index (χ4n) is 3.14. The van der Waals surface area contributed by atoms with Gasteiger partial charge >= 0.3 is 6.01 Å². The van der Waals surface area contributed by atoms with Gasteiger partial charge in [0.1, 0.15) is 17.3 Å². The summed E-state index contributed by atoms with van der Waals surface area (Å²) in [5.41, 5.74) is 8.09. The Hall–Kier alpha value is -3.56. The van der Waals surface area contributed by atoms with Crippen molar-refractivity contribution in [2.45, 2.75) is 13.3 Å². The van der Waals surface area contributed by atoms with Gasteiger partial charge in [0.05, 0.1) is 5.02 Å². The molecule has 0 spiro atoms. The molecule has 4 rings (SSSR count). The zero-order valence-corrected chi connectivity index (χ0v) is 19.0.